The Morgan fingerprint density at radius 3 is 2.00 bits per heavy atom. The summed E-state index contributed by atoms with van der Waals surface area (Å²) in [6.45, 7) is 7.93. The molecule has 0 spiro atoms. The molecular weight excluding hydrogens is 254 g/mol. The highest BCUT2D eigenvalue weighted by molar-refractivity contribution is 6.60. The van der Waals surface area contributed by atoms with Crippen LogP contribution >= 0.6 is 0 Å². The van der Waals surface area contributed by atoms with Crippen LogP contribution in [0.25, 0.3) is 0 Å². The molecule has 0 rings (SSSR count). The minimum atomic E-state index is -2.58. The third-order valence-electron chi connectivity index (χ3n) is 2.17. The summed E-state index contributed by atoms with van der Waals surface area (Å²) in [6.07, 6.45) is 0.722. The number of hydrogen-bond acceptors (Lipinski definition) is 5. The van der Waals surface area contributed by atoms with Crippen molar-refractivity contribution < 1.29 is 18.1 Å². The largest absolute Gasteiger partial charge is 0.500 e. The molecule has 8 heteroatoms. The second kappa shape index (κ2) is 10.3. The Kier molecular flexibility index (Phi) is 9.88. The highest BCUT2D eigenvalue weighted by atomic mass is 28.4. The molecule has 18 heavy (non-hydrogen) atoms. The summed E-state index contributed by atoms with van der Waals surface area (Å²) >= 11 is 0. The van der Waals surface area contributed by atoms with Gasteiger partial charge in [-0.25, -0.2) is 10.6 Å². The van der Waals surface area contributed by atoms with Gasteiger partial charge in [0.05, 0.1) is 0 Å². The normalized spacial score (nSPS) is 11.3. The van der Waals surface area contributed by atoms with Gasteiger partial charge in [-0.1, -0.05) is 0 Å². The molecule has 0 aromatic heterocycles. The van der Waals surface area contributed by atoms with E-state index in [1.54, 1.807) is 0 Å². The van der Waals surface area contributed by atoms with Crippen molar-refractivity contribution >= 4 is 14.8 Å². The van der Waals surface area contributed by atoms with Gasteiger partial charge in [0.1, 0.15) is 0 Å². The minimum Gasteiger partial charge on any atom is -0.374 e. The molecule has 0 atom stereocenters. The molecular formula is C10H25N3O4Si. The fourth-order valence-corrected chi connectivity index (χ4v) is 4.17. The summed E-state index contributed by atoms with van der Waals surface area (Å²) < 4.78 is 17.1. The first-order valence-corrected chi connectivity index (χ1v) is 8.23. The first-order chi connectivity index (χ1) is 8.64. The van der Waals surface area contributed by atoms with Crippen LogP contribution in [-0.4, -0.2) is 41.2 Å². The Balaban J connectivity index is 4.16. The Hall–Kier alpha value is -0.673. The molecule has 0 bridgehead atoms. The molecule has 0 aliphatic heterocycles. The zero-order valence-electron chi connectivity index (χ0n) is 11.5. The fraction of sp³-hybridized carbons (Fsp3) is 0.900. The van der Waals surface area contributed by atoms with Gasteiger partial charge in [-0.3, -0.25) is 5.43 Å². The van der Waals surface area contributed by atoms with Gasteiger partial charge in [-0.2, -0.15) is 0 Å². The van der Waals surface area contributed by atoms with E-state index < -0.39 is 14.8 Å². The van der Waals surface area contributed by atoms with Crippen LogP contribution in [0.15, 0.2) is 0 Å². The molecule has 0 aliphatic carbocycles. The maximum absolute atomic E-state index is 10.9. The first kappa shape index (κ1) is 17.3. The lowest BCUT2D eigenvalue weighted by Crippen LogP contribution is -2.47. The van der Waals surface area contributed by atoms with Gasteiger partial charge in [0, 0.05) is 32.4 Å². The summed E-state index contributed by atoms with van der Waals surface area (Å²) in [4.78, 5) is 10.9. The Morgan fingerprint density at radius 2 is 1.61 bits per heavy atom. The fourth-order valence-electron chi connectivity index (χ4n) is 1.56. The SMILES string of the molecule is CCO[Si](CCCNC(=O)NN)(OCC)OCC. The molecule has 0 fully saturated rings. The number of urea groups is 1. The third kappa shape index (κ3) is 6.92. The predicted octanol–water partition coefficient (Wildman–Crippen LogP) is 0.598. The van der Waals surface area contributed by atoms with Crippen LogP contribution < -0.4 is 16.6 Å². The number of hydrazine groups is 1. The van der Waals surface area contributed by atoms with Gasteiger partial charge >= 0.3 is 14.8 Å². The molecule has 0 unspecified atom stereocenters. The van der Waals surface area contributed by atoms with Gasteiger partial charge in [-0.05, 0) is 27.2 Å². The number of rotatable bonds is 10. The lowest BCUT2D eigenvalue weighted by Gasteiger charge is -2.28. The van der Waals surface area contributed by atoms with E-state index in [-0.39, 0.29) is 0 Å². The van der Waals surface area contributed by atoms with Crippen molar-refractivity contribution in [1.82, 2.24) is 10.7 Å². The zero-order valence-corrected chi connectivity index (χ0v) is 12.5. The van der Waals surface area contributed by atoms with Crippen molar-refractivity contribution in [2.75, 3.05) is 26.4 Å². The lowest BCUT2D eigenvalue weighted by atomic mass is 10.5. The maximum atomic E-state index is 10.9. The molecule has 0 heterocycles. The second-order valence-corrected chi connectivity index (χ2v) is 6.22. The molecule has 0 aromatic rings. The monoisotopic (exact) mass is 279 g/mol. The Morgan fingerprint density at radius 1 is 1.11 bits per heavy atom. The van der Waals surface area contributed by atoms with E-state index in [0.717, 1.165) is 6.42 Å². The summed E-state index contributed by atoms with van der Waals surface area (Å²) in [5, 5.41) is 2.61. The van der Waals surface area contributed by atoms with Crippen LogP contribution in [0.2, 0.25) is 6.04 Å². The average molecular weight is 279 g/mol. The van der Waals surface area contributed by atoms with Crippen LogP contribution in [0, 0.1) is 0 Å². The Labute approximate surface area is 110 Å². The highest BCUT2D eigenvalue weighted by Crippen LogP contribution is 2.17. The van der Waals surface area contributed by atoms with E-state index in [1.165, 1.54) is 0 Å². The first-order valence-electron chi connectivity index (χ1n) is 6.30. The van der Waals surface area contributed by atoms with E-state index in [2.05, 4.69) is 5.32 Å². The van der Waals surface area contributed by atoms with Gasteiger partial charge in [0.2, 0.25) is 0 Å². The van der Waals surface area contributed by atoms with Crippen molar-refractivity contribution in [3.63, 3.8) is 0 Å². The summed E-state index contributed by atoms with van der Waals surface area (Å²) in [5.74, 6) is 4.96. The molecule has 108 valence electrons. The number of nitrogens with one attached hydrogen (secondary N) is 2. The summed E-state index contributed by atoms with van der Waals surface area (Å²) in [5.41, 5.74) is 2.01. The third-order valence-corrected chi connectivity index (χ3v) is 5.32. The number of hydrogen-bond donors (Lipinski definition) is 3. The molecule has 7 nitrogen and oxygen atoms in total. The number of amides is 2. The summed E-state index contributed by atoms with van der Waals surface area (Å²) in [6, 6.07) is 0.277. The number of nitrogens with two attached hydrogens (primary N) is 1. The summed E-state index contributed by atoms with van der Waals surface area (Å²) in [7, 11) is -2.58. The van der Waals surface area contributed by atoms with E-state index in [1.807, 2.05) is 26.2 Å². The van der Waals surface area contributed by atoms with Crippen LogP contribution in [-0.2, 0) is 13.3 Å². The van der Waals surface area contributed by atoms with Crippen LogP contribution in [0.5, 0.6) is 0 Å². The molecule has 0 aromatic carbocycles. The van der Waals surface area contributed by atoms with Gasteiger partial charge < -0.3 is 18.6 Å². The Bertz CT molecular complexity index is 214. The lowest BCUT2D eigenvalue weighted by molar-refractivity contribution is 0.0708. The van der Waals surface area contributed by atoms with E-state index in [9.17, 15) is 4.79 Å². The van der Waals surface area contributed by atoms with Crippen molar-refractivity contribution in [2.24, 2.45) is 5.84 Å². The van der Waals surface area contributed by atoms with Gasteiger partial charge in [0.25, 0.3) is 0 Å². The van der Waals surface area contributed by atoms with E-state index in [4.69, 9.17) is 19.1 Å². The van der Waals surface area contributed by atoms with Gasteiger partial charge in [0.15, 0.2) is 0 Å². The van der Waals surface area contributed by atoms with Gasteiger partial charge in [-0.15, -0.1) is 0 Å². The minimum absolute atomic E-state index is 0.397. The topological polar surface area (TPSA) is 94.8 Å². The zero-order chi connectivity index (χ0) is 13.9. The number of carbonyl (C=O) groups is 1. The molecule has 0 saturated heterocycles. The maximum Gasteiger partial charge on any atom is 0.500 e. The van der Waals surface area contributed by atoms with Crippen LogP contribution in [0.4, 0.5) is 4.79 Å². The molecule has 0 radical (unpaired) electrons. The smallest absolute Gasteiger partial charge is 0.374 e. The van der Waals surface area contributed by atoms with Crippen molar-refractivity contribution in [2.45, 2.75) is 33.2 Å². The predicted molar refractivity (Wildman–Crippen MR) is 70.8 cm³/mol. The van der Waals surface area contributed by atoms with Crippen LogP contribution in [0.1, 0.15) is 27.2 Å². The average Bonchev–Trinajstić information content (AvgIpc) is 2.35. The van der Waals surface area contributed by atoms with E-state index >= 15 is 0 Å². The second-order valence-electron chi connectivity index (χ2n) is 3.49. The molecule has 0 aliphatic rings. The van der Waals surface area contributed by atoms with Crippen molar-refractivity contribution in [3.05, 3.63) is 0 Å². The van der Waals surface area contributed by atoms with Crippen molar-refractivity contribution in [3.8, 4) is 0 Å². The van der Waals surface area contributed by atoms with E-state index in [0.29, 0.717) is 32.4 Å². The molecule has 0 saturated carbocycles. The van der Waals surface area contributed by atoms with Crippen molar-refractivity contribution in [1.29, 1.82) is 0 Å². The standard InChI is InChI=1S/C10H25N3O4Si/c1-4-15-18(16-5-2,17-6-3)9-7-8-12-10(14)13-11/h4-9,11H2,1-3H3,(H2,12,13,14). The highest BCUT2D eigenvalue weighted by Gasteiger charge is 2.39. The quantitative estimate of drug-likeness (QED) is 0.179. The molecule has 2 amide bonds. The van der Waals surface area contributed by atoms with Crippen LogP contribution in [0.3, 0.4) is 0 Å². The molecule has 4 N–H and O–H groups in total. The number of carbonyl (C=O) groups excluding carboxylic acids is 1.